The molecule has 19 heavy (non-hydrogen) atoms. The van der Waals surface area contributed by atoms with E-state index >= 15 is 0 Å². The lowest BCUT2D eigenvalue weighted by molar-refractivity contribution is 0.722. The third kappa shape index (κ3) is 3.65. The monoisotopic (exact) mass is 377 g/mol. The summed E-state index contributed by atoms with van der Waals surface area (Å²) in [6, 6.07) is 10.9. The molecule has 0 fully saturated rings. The van der Waals surface area contributed by atoms with Gasteiger partial charge in [-0.05, 0) is 57.7 Å². The quantitative estimate of drug-likeness (QED) is 0.732. The van der Waals surface area contributed by atoms with Crippen molar-refractivity contribution >= 4 is 50.7 Å². The van der Waals surface area contributed by atoms with Crippen LogP contribution >= 0.6 is 50.7 Å². The van der Waals surface area contributed by atoms with Gasteiger partial charge in [-0.2, -0.15) is 0 Å². The van der Waals surface area contributed by atoms with E-state index in [9.17, 15) is 0 Å². The topological polar surface area (TPSA) is 26.0 Å². The Hall–Kier alpha value is -0.250. The Morgan fingerprint density at radius 1 is 1.00 bits per heavy atom. The molecule has 0 spiro atoms. The van der Waals surface area contributed by atoms with Crippen LogP contribution in [0.2, 0.25) is 15.1 Å². The van der Waals surface area contributed by atoms with E-state index in [1.54, 1.807) is 0 Å². The van der Waals surface area contributed by atoms with Crippen molar-refractivity contribution in [2.24, 2.45) is 5.73 Å². The van der Waals surface area contributed by atoms with E-state index in [0.29, 0.717) is 21.5 Å². The highest BCUT2D eigenvalue weighted by atomic mass is 79.9. The molecule has 100 valence electrons. The van der Waals surface area contributed by atoms with Crippen molar-refractivity contribution in [1.82, 2.24) is 0 Å². The van der Waals surface area contributed by atoms with Crippen LogP contribution in [0.3, 0.4) is 0 Å². The smallest absolute Gasteiger partial charge is 0.0551 e. The molecule has 0 aromatic heterocycles. The predicted molar refractivity (Wildman–Crippen MR) is 86.2 cm³/mol. The van der Waals surface area contributed by atoms with Gasteiger partial charge in [0.25, 0.3) is 0 Å². The fourth-order valence-electron chi connectivity index (χ4n) is 1.81. The number of nitrogens with two attached hydrogens (primary N) is 1. The zero-order valence-corrected chi connectivity index (χ0v) is 13.7. The molecule has 2 aromatic carbocycles. The normalized spacial score (nSPS) is 12.5. The summed E-state index contributed by atoms with van der Waals surface area (Å²) in [7, 11) is 0. The molecule has 0 aliphatic heterocycles. The number of rotatable bonds is 3. The highest BCUT2D eigenvalue weighted by Gasteiger charge is 2.13. The zero-order chi connectivity index (χ0) is 14.0. The van der Waals surface area contributed by atoms with Gasteiger partial charge in [0, 0.05) is 20.6 Å². The third-order valence-electron chi connectivity index (χ3n) is 2.86. The van der Waals surface area contributed by atoms with Crippen LogP contribution in [0.15, 0.2) is 40.9 Å². The van der Waals surface area contributed by atoms with Gasteiger partial charge in [-0.25, -0.2) is 0 Å². The second kappa shape index (κ2) is 6.47. The van der Waals surface area contributed by atoms with Gasteiger partial charge in [0.2, 0.25) is 0 Å². The molecule has 5 heteroatoms. The number of hydrogen-bond donors (Lipinski definition) is 1. The molecule has 0 saturated heterocycles. The van der Waals surface area contributed by atoms with Crippen LogP contribution in [0.5, 0.6) is 0 Å². The van der Waals surface area contributed by atoms with Crippen molar-refractivity contribution in [2.75, 3.05) is 0 Å². The standard InChI is InChI=1S/C14H11BrCl3N/c15-10-5-4-8(6-13(10)18)14(19)7-9-11(16)2-1-3-12(9)17/h1-6,14H,7,19H2. The van der Waals surface area contributed by atoms with E-state index in [0.717, 1.165) is 15.6 Å². The molecule has 1 unspecified atom stereocenters. The Labute approximate surface area is 135 Å². The van der Waals surface area contributed by atoms with E-state index < -0.39 is 0 Å². The summed E-state index contributed by atoms with van der Waals surface area (Å²) >= 11 is 21.7. The zero-order valence-electron chi connectivity index (χ0n) is 9.84. The summed E-state index contributed by atoms with van der Waals surface area (Å²) in [5, 5.41) is 1.90. The maximum absolute atomic E-state index is 6.19. The summed E-state index contributed by atoms with van der Waals surface area (Å²) < 4.78 is 0.848. The molecule has 2 N–H and O–H groups in total. The molecule has 1 nitrogen and oxygen atoms in total. The van der Waals surface area contributed by atoms with Gasteiger partial charge in [-0.3, -0.25) is 0 Å². The van der Waals surface area contributed by atoms with Crippen LogP contribution in [0.4, 0.5) is 0 Å². The van der Waals surface area contributed by atoms with E-state index in [1.165, 1.54) is 0 Å². The minimum atomic E-state index is -0.206. The third-order valence-corrected chi connectivity index (χ3v) is 4.80. The lowest BCUT2D eigenvalue weighted by Crippen LogP contribution is -2.13. The Bertz CT molecular complexity index is 581. The molecular weight excluding hydrogens is 368 g/mol. The van der Waals surface area contributed by atoms with Crippen molar-refractivity contribution in [3.63, 3.8) is 0 Å². The average molecular weight is 380 g/mol. The first-order chi connectivity index (χ1) is 8.99. The van der Waals surface area contributed by atoms with E-state index in [1.807, 2.05) is 36.4 Å². The first kappa shape index (κ1) is 15.1. The Kier molecular flexibility index (Phi) is 5.15. The van der Waals surface area contributed by atoms with Crippen LogP contribution in [-0.4, -0.2) is 0 Å². The van der Waals surface area contributed by atoms with Gasteiger partial charge in [-0.1, -0.05) is 46.9 Å². The maximum atomic E-state index is 6.19. The number of benzene rings is 2. The minimum absolute atomic E-state index is 0.206. The van der Waals surface area contributed by atoms with Crippen molar-refractivity contribution in [3.05, 3.63) is 67.1 Å². The van der Waals surface area contributed by atoms with Crippen molar-refractivity contribution < 1.29 is 0 Å². The summed E-state index contributed by atoms with van der Waals surface area (Å²) in [4.78, 5) is 0. The molecule has 0 aliphatic rings. The second-order valence-electron chi connectivity index (χ2n) is 4.18. The lowest BCUT2D eigenvalue weighted by atomic mass is 10.00. The molecular formula is C14H11BrCl3N. The first-order valence-corrected chi connectivity index (χ1v) is 7.55. The molecule has 2 rings (SSSR count). The predicted octanol–water partition coefficient (Wildman–Crippen LogP) is 5.65. The fraction of sp³-hybridized carbons (Fsp3) is 0.143. The average Bonchev–Trinajstić information content (AvgIpc) is 2.37. The highest BCUT2D eigenvalue weighted by molar-refractivity contribution is 9.10. The molecule has 0 saturated carbocycles. The number of halogens is 4. The minimum Gasteiger partial charge on any atom is -0.324 e. The van der Waals surface area contributed by atoms with Crippen LogP contribution < -0.4 is 5.73 Å². The highest BCUT2D eigenvalue weighted by Crippen LogP contribution is 2.30. The van der Waals surface area contributed by atoms with Crippen LogP contribution in [0, 0.1) is 0 Å². The molecule has 0 bridgehead atoms. The van der Waals surface area contributed by atoms with Gasteiger partial charge in [0.1, 0.15) is 0 Å². The molecule has 0 heterocycles. The van der Waals surface area contributed by atoms with Crippen molar-refractivity contribution in [2.45, 2.75) is 12.5 Å². The summed E-state index contributed by atoms with van der Waals surface area (Å²) in [5.74, 6) is 0. The maximum Gasteiger partial charge on any atom is 0.0551 e. The van der Waals surface area contributed by atoms with E-state index in [-0.39, 0.29) is 6.04 Å². The van der Waals surface area contributed by atoms with Gasteiger partial charge in [0.05, 0.1) is 5.02 Å². The molecule has 0 aliphatic carbocycles. The first-order valence-electron chi connectivity index (χ1n) is 5.62. The van der Waals surface area contributed by atoms with E-state index in [2.05, 4.69) is 15.9 Å². The van der Waals surface area contributed by atoms with Crippen LogP contribution in [0.1, 0.15) is 17.2 Å². The Morgan fingerprint density at radius 2 is 1.63 bits per heavy atom. The molecule has 0 radical (unpaired) electrons. The largest absolute Gasteiger partial charge is 0.324 e. The van der Waals surface area contributed by atoms with Crippen molar-refractivity contribution in [1.29, 1.82) is 0 Å². The molecule has 2 aromatic rings. The van der Waals surface area contributed by atoms with Gasteiger partial charge >= 0.3 is 0 Å². The summed E-state index contributed by atoms with van der Waals surface area (Å²) in [5.41, 5.74) is 8.00. The Morgan fingerprint density at radius 3 is 2.21 bits per heavy atom. The molecule has 1 atom stereocenters. The van der Waals surface area contributed by atoms with Crippen molar-refractivity contribution in [3.8, 4) is 0 Å². The Balaban J connectivity index is 2.25. The van der Waals surface area contributed by atoms with Gasteiger partial charge in [-0.15, -0.1) is 0 Å². The van der Waals surface area contributed by atoms with E-state index in [4.69, 9.17) is 40.5 Å². The van der Waals surface area contributed by atoms with Gasteiger partial charge in [0.15, 0.2) is 0 Å². The summed E-state index contributed by atoms with van der Waals surface area (Å²) in [6.07, 6.45) is 0.566. The SMILES string of the molecule is NC(Cc1c(Cl)cccc1Cl)c1ccc(Br)c(Cl)c1. The second-order valence-corrected chi connectivity index (χ2v) is 6.26. The number of hydrogen-bond acceptors (Lipinski definition) is 1. The van der Waals surface area contributed by atoms with Crippen LogP contribution in [-0.2, 0) is 6.42 Å². The van der Waals surface area contributed by atoms with Crippen LogP contribution in [0.25, 0.3) is 0 Å². The fourth-order valence-corrected chi connectivity index (χ4v) is 2.80. The van der Waals surface area contributed by atoms with Gasteiger partial charge < -0.3 is 5.73 Å². The lowest BCUT2D eigenvalue weighted by Gasteiger charge is -2.15. The molecule has 0 amide bonds. The summed E-state index contributed by atoms with van der Waals surface area (Å²) in [6.45, 7) is 0.